The summed E-state index contributed by atoms with van der Waals surface area (Å²) in [5.74, 6) is 0. The van der Waals surface area contributed by atoms with E-state index >= 15 is 0 Å². The topological polar surface area (TPSA) is 17.1 Å². The minimum absolute atomic E-state index is 0. The van der Waals surface area contributed by atoms with E-state index in [0.717, 1.165) is 0 Å². The first kappa shape index (κ1) is 12.0. The summed E-state index contributed by atoms with van der Waals surface area (Å²) in [7, 11) is -1.85. The Morgan fingerprint density at radius 3 is 1.22 bits per heavy atom. The van der Waals surface area contributed by atoms with Gasteiger partial charge in [-0.25, -0.2) is 0 Å². The smallest absolute Gasteiger partial charge is 0.0869 e. The highest BCUT2D eigenvalue weighted by Crippen LogP contribution is 2.50. The first-order valence-corrected chi connectivity index (χ1v) is 5.40. The van der Waals surface area contributed by atoms with Crippen LogP contribution in [0.2, 0.25) is 0 Å². The Morgan fingerprint density at radius 1 is 1.11 bits per heavy atom. The van der Waals surface area contributed by atoms with Crippen molar-refractivity contribution in [1.82, 2.24) is 0 Å². The lowest BCUT2D eigenvalue weighted by molar-refractivity contribution is 0.558. The molecule has 0 spiro atoms. The van der Waals surface area contributed by atoms with Gasteiger partial charge in [0, 0.05) is 5.16 Å². The zero-order valence-corrected chi connectivity index (χ0v) is 7.25. The lowest BCUT2D eigenvalue weighted by Gasteiger charge is -2.23. The summed E-state index contributed by atoms with van der Waals surface area (Å²) in [5, 5.41) is -0.00694. The van der Waals surface area contributed by atoms with Crippen LogP contribution in [0.1, 0.15) is 28.2 Å². The zero-order valence-electron chi connectivity index (χ0n) is 6.36. The summed E-state index contributed by atoms with van der Waals surface area (Å²) in [6.07, 6.45) is 0. The third-order valence-electron chi connectivity index (χ3n) is 1.62. The summed E-state index contributed by atoms with van der Waals surface area (Å²) < 4.78 is 11.2. The molecule has 0 N–H and O–H groups in total. The van der Waals surface area contributed by atoms with E-state index in [1.54, 1.807) is 0 Å². The Labute approximate surface area is 59.2 Å². The van der Waals surface area contributed by atoms with Gasteiger partial charge in [-0.1, -0.05) is 28.2 Å². The van der Waals surface area contributed by atoms with Crippen LogP contribution >= 0.6 is 7.14 Å². The molecular formula is C7H19OP. The molecule has 0 radical (unpaired) electrons. The highest BCUT2D eigenvalue weighted by molar-refractivity contribution is 7.63. The normalized spacial score (nSPS) is 12.6. The third kappa shape index (κ3) is 3.75. The Morgan fingerprint density at radius 2 is 1.22 bits per heavy atom. The fourth-order valence-corrected chi connectivity index (χ4v) is 0. The van der Waals surface area contributed by atoms with Crippen LogP contribution in [0, 0.1) is 0 Å². The van der Waals surface area contributed by atoms with Gasteiger partial charge >= 0.3 is 0 Å². The van der Waals surface area contributed by atoms with Crippen molar-refractivity contribution in [2.24, 2.45) is 0 Å². The lowest BCUT2D eigenvalue weighted by atomic mass is 10.3. The summed E-state index contributed by atoms with van der Waals surface area (Å²) in [6.45, 7) is 9.68. The van der Waals surface area contributed by atoms with Crippen LogP contribution < -0.4 is 0 Å². The van der Waals surface area contributed by atoms with Crippen molar-refractivity contribution < 1.29 is 4.57 Å². The standard InChI is InChI=1S/C6H15OP.CH4/c1-6(2,3)8(4,5)7;/h1-5H3;1H4. The van der Waals surface area contributed by atoms with Gasteiger partial charge in [-0.3, -0.25) is 0 Å². The average molecular weight is 150 g/mol. The molecule has 0 aliphatic carbocycles. The van der Waals surface area contributed by atoms with Crippen LogP contribution in [0.4, 0.5) is 0 Å². The van der Waals surface area contributed by atoms with Gasteiger partial charge in [-0.2, -0.15) is 0 Å². The predicted octanol–water partition coefficient (Wildman–Crippen LogP) is 3.04. The van der Waals surface area contributed by atoms with Crippen molar-refractivity contribution in [3.63, 3.8) is 0 Å². The molecule has 0 saturated heterocycles. The molecule has 0 aromatic heterocycles. The number of rotatable bonds is 0. The van der Waals surface area contributed by atoms with Gasteiger partial charge in [0.05, 0.1) is 7.14 Å². The SMILES string of the molecule is C.CC(C)(C)P(C)(C)=O. The van der Waals surface area contributed by atoms with Gasteiger partial charge in [0.15, 0.2) is 0 Å². The first-order chi connectivity index (χ1) is 3.25. The maximum atomic E-state index is 11.2. The number of hydrogen-bond donors (Lipinski definition) is 0. The zero-order chi connectivity index (χ0) is 7.00. The first-order valence-electron chi connectivity index (χ1n) is 2.80. The second-order valence-corrected chi connectivity index (χ2v) is 7.57. The van der Waals surface area contributed by atoms with E-state index in [1.807, 2.05) is 34.1 Å². The van der Waals surface area contributed by atoms with Crippen molar-refractivity contribution in [3.8, 4) is 0 Å². The van der Waals surface area contributed by atoms with Crippen LogP contribution in [0.25, 0.3) is 0 Å². The van der Waals surface area contributed by atoms with Crippen LogP contribution in [0.15, 0.2) is 0 Å². The molecule has 0 fully saturated rings. The summed E-state index contributed by atoms with van der Waals surface area (Å²) in [5.41, 5.74) is 0. The summed E-state index contributed by atoms with van der Waals surface area (Å²) in [6, 6.07) is 0. The maximum Gasteiger partial charge on any atom is 0.0869 e. The molecule has 0 bridgehead atoms. The quantitative estimate of drug-likeness (QED) is 0.485. The van der Waals surface area contributed by atoms with Crippen molar-refractivity contribution in [2.75, 3.05) is 13.3 Å². The van der Waals surface area contributed by atoms with Crippen molar-refractivity contribution in [1.29, 1.82) is 0 Å². The molecule has 0 heterocycles. The van der Waals surface area contributed by atoms with Gasteiger partial charge < -0.3 is 4.57 Å². The van der Waals surface area contributed by atoms with E-state index in [-0.39, 0.29) is 12.6 Å². The average Bonchev–Trinajstić information content (AvgIpc) is 1.25. The van der Waals surface area contributed by atoms with Gasteiger partial charge in [-0.15, -0.1) is 0 Å². The molecule has 0 aliphatic rings. The summed E-state index contributed by atoms with van der Waals surface area (Å²) in [4.78, 5) is 0. The third-order valence-corrected chi connectivity index (χ3v) is 4.85. The second-order valence-electron chi connectivity index (χ2n) is 3.52. The Bertz CT molecular complexity index is 115. The fraction of sp³-hybridized carbons (Fsp3) is 1.00. The van der Waals surface area contributed by atoms with Crippen LogP contribution in [0.3, 0.4) is 0 Å². The molecular weight excluding hydrogens is 131 g/mol. The number of hydrogen-bond acceptors (Lipinski definition) is 1. The second kappa shape index (κ2) is 2.88. The molecule has 0 aliphatic heterocycles. The predicted molar refractivity (Wildman–Crippen MR) is 45.9 cm³/mol. The Hall–Kier alpha value is 0.230. The molecule has 0 saturated carbocycles. The van der Waals surface area contributed by atoms with Gasteiger partial charge in [-0.05, 0) is 13.3 Å². The molecule has 2 heteroatoms. The fourth-order valence-electron chi connectivity index (χ4n) is 0. The highest BCUT2D eigenvalue weighted by Gasteiger charge is 2.25. The molecule has 0 aromatic carbocycles. The van der Waals surface area contributed by atoms with Gasteiger partial charge in [0.25, 0.3) is 0 Å². The Balaban J connectivity index is 0. The van der Waals surface area contributed by atoms with Crippen molar-refractivity contribution in [2.45, 2.75) is 33.4 Å². The largest absolute Gasteiger partial charge is 0.324 e. The van der Waals surface area contributed by atoms with Crippen LogP contribution in [-0.2, 0) is 4.57 Å². The van der Waals surface area contributed by atoms with Crippen LogP contribution in [-0.4, -0.2) is 18.5 Å². The summed E-state index contributed by atoms with van der Waals surface area (Å²) >= 11 is 0. The molecule has 0 atom stereocenters. The lowest BCUT2D eigenvalue weighted by Crippen LogP contribution is -2.12. The minimum Gasteiger partial charge on any atom is -0.324 e. The molecule has 0 unspecified atom stereocenters. The highest BCUT2D eigenvalue weighted by atomic mass is 31.2. The van der Waals surface area contributed by atoms with Crippen molar-refractivity contribution >= 4 is 7.14 Å². The van der Waals surface area contributed by atoms with E-state index < -0.39 is 7.14 Å². The molecule has 0 amide bonds. The molecule has 58 valence electrons. The monoisotopic (exact) mass is 150 g/mol. The van der Waals surface area contributed by atoms with Crippen LogP contribution in [0.5, 0.6) is 0 Å². The molecule has 0 aromatic rings. The molecule has 1 nitrogen and oxygen atoms in total. The van der Waals surface area contributed by atoms with E-state index in [4.69, 9.17) is 0 Å². The minimum atomic E-state index is -1.85. The van der Waals surface area contributed by atoms with Gasteiger partial charge in [0.2, 0.25) is 0 Å². The Kier molecular flexibility index (Phi) is 3.82. The molecule has 9 heavy (non-hydrogen) atoms. The molecule has 0 rings (SSSR count). The van der Waals surface area contributed by atoms with E-state index in [2.05, 4.69) is 0 Å². The van der Waals surface area contributed by atoms with E-state index in [1.165, 1.54) is 0 Å². The van der Waals surface area contributed by atoms with E-state index in [0.29, 0.717) is 0 Å². The maximum absolute atomic E-state index is 11.2. The van der Waals surface area contributed by atoms with Gasteiger partial charge in [0.1, 0.15) is 0 Å². The van der Waals surface area contributed by atoms with Crippen molar-refractivity contribution in [3.05, 3.63) is 0 Å². The van der Waals surface area contributed by atoms with E-state index in [9.17, 15) is 4.57 Å².